The standard InChI is InChI=1S/C15H11FN2O3/c16-12-5-1-4-10-13(12)17-8-11(14(10)19)15(20)18-7-9-3-2-6-21-9/h1-6,8H,7H2,(H,17,19)(H,18,20). The van der Waals surface area contributed by atoms with Gasteiger partial charge in [-0.2, -0.15) is 0 Å². The molecule has 21 heavy (non-hydrogen) atoms. The Morgan fingerprint density at radius 2 is 2.14 bits per heavy atom. The second kappa shape index (κ2) is 5.24. The molecule has 1 aromatic carbocycles. The minimum Gasteiger partial charge on any atom is -0.467 e. The van der Waals surface area contributed by atoms with Gasteiger partial charge in [-0.25, -0.2) is 4.39 Å². The number of aromatic nitrogens is 1. The summed E-state index contributed by atoms with van der Waals surface area (Å²) in [4.78, 5) is 26.9. The Kier molecular flexibility index (Phi) is 3.27. The van der Waals surface area contributed by atoms with E-state index in [-0.39, 0.29) is 23.0 Å². The van der Waals surface area contributed by atoms with Crippen LogP contribution in [-0.2, 0) is 6.54 Å². The predicted octanol–water partition coefficient (Wildman–Crippen LogP) is 2.19. The van der Waals surface area contributed by atoms with Crippen LogP contribution in [0.15, 0.2) is 52.0 Å². The lowest BCUT2D eigenvalue weighted by molar-refractivity contribution is 0.0947. The highest BCUT2D eigenvalue weighted by Gasteiger charge is 2.14. The van der Waals surface area contributed by atoms with Crippen molar-refractivity contribution < 1.29 is 13.6 Å². The van der Waals surface area contributed by atoms with Gasteiger partial charge in [0.25, 0.3) is 5.91 Å². The number of para-hydroxylation sites is 1. The summed E-state index contributed by atoms with van der Waals surface area (Å²) < 4.78 is 18.6. The minimum absolute atomic E-state index is 0.0698. The number of hydrogen-bond donors (Lipinski definition) is 2. The first-order chi connectivity index (χ1) is 10.2. The molecule has 0 radical (unpaired) electrons. The number of benzene rings is 1. The first kappa shape index (κ1) is 13.1. The van der Waals surface area contributed by atoms with Gasteiger partial charge in [0.15, 0.2) is 0 Å². The fourth-order valence-corrected chi connectivity index (χ4v) is 2.06. The second-order valence-electron chi connectivity index (χ2n) is 4.46. The van der Waals surface area contributed by atoms with Crippen LogP contribution in [0, 0.1) is 5.82 Å². The van der Waals surface area contributed by atoms with Crippen LogP contribution < -0.4 is 10.7 Å². The lowest BCUT2D eigenvalue weighted by Crippen LogP contribution is -2.28. The average Bonchev–Trinajstić information content (AvgIpc) is 2.99. The molecule has 0 aliphatic rings. The van der Waals surface area contributed by atoms with Gasteiger partial charge in [-0.15, -0.1) is 0 Å². The highest BCUT2D eigenvalue weighted by molar-refractivity contribution is 5.97. The number of rotatable bonds is 3. The molecule has 2 N–H and O–H groups in total. The van der Waals surface area contributed by atoms with Gasteiger partial charge in [-0.1, -0.05) is 6.07 Å². The van der Waals surface area contributed by atoms with Crippen molar-refractivity contribution in [1.82, 2.24) is 10.3 Å². The number of pyridine rings is 1. The van der Waals surface area contributed by atoms with E-state index < -0.39 is 17.2 Å². The lowest BCUT2D eigenvalue weighted by Gasteiger charge is -2.05. The van der Waals surface area contributed by atoms with Crippen molar-refractivity contribution in [1.29, 1.82) is 0 Å². The van der Waals surface area contributed by atoms with Gasteiger partial charge in [0.1, 0.15) is 17.1 Å². The molecule has 0 unspecified atom stereocenters. The van der Waals surface area contributed by atoms with Gasteiger partial charge in [-0.05, 0) is 24.3 Å². The van der Waals surface area contributed by atoms with Crippen LogP contribution in [0.3, 0.4) is 0 Å². The zero-order chi connectivity index (χ0) is 14.8. The Balaban J connectivity index is 1.92. The number of nitrogens with one attached hydrogen (secondary N) is 2. The van der Waals surface area contributed by atoms with E-state index in [9.17, 15) is 14.0 Å². The van der Waals surface area contributed by atoms with Crippen molar-refractivity contribution in [2.24, 2.45) is 0 Å². The van der Waals surface area contributed by atoms with Crippen LogP contribution in [0.2, 0.25) is 0 Å². The van der Waals surface area contributed by atoms with Gasteiger partial charge >= 0.3 is 0 Å². The van der Waals surface area contributed by atoms with Crippen molar-refractivity contribution >= 4 is 16.8 Å². The number of hydrogen-bond acceptors (Lipinski definition) is 3. The number of furan rings is 1. The Labute approximate surface area is 118 Å². The molecule has 1 amide bonds. The number of carbonyl (C=O) groups is 1. The van der Waals surface area contributed by atoms with Crippen molar-refractivity contribution in [3.05, 3.63) is 70.2 Å². The summed E-state index contributed by atoms with van der Waals surface area (Å²) in [5.41, 5.74) is -0.495. The molecule has 3 aromatic rings. The normalized spacial score (nSPS) is 10.7. The lowest BCUT2D eigenvalue weighted by atomic mass is 10.1. The number of halogens is 1. The third kappa shape index (κ3) is 2.43. The van der Waals surface area contributed by atoms with Crippen molar-refractivity contribution in [3.8, 4) is 0 Å². The van der Waals surface area contributed by atoms with E-state index >= 15 is 0 Å². The maximum atomic E-state index is 13.5. The first-order valence-electron chi connectivity index (χ1n) is 6.27. The molecule has 3 rings (SSSR count). The number of amides is 1. The third-order valence-corrected chi connectivity index (χ3v) is 3.11. The van der Waals surface area contributed by atoms with E-state index in [1.807, 2.05) is 0 Å². The molecule has 6 heteroatoms. The topological polar surface area (TPSA) is 75.1 Å². The molecule has 0 spiro atoms. The molecule has 2 aromatic heterocycles. The van der Waals surface area contributed by atoms with Crippen LogP contribution in [-0.4, -0.2) is 10.9 Å². The van der Waals surface area contributed by atoms with E-state index in [0.717, 1.165) is 0 Å². The summed E-state index contributed by atoms with van der Waals surface area (Å²) in [7, 11) is 0. The summed E-state index contributed by atoms with van der Waals surface area (Å²) in [6.07, 6.45) is 2.71. The molecule has 0 fully saturated rings. The van der Waals surface area contributed by atoms with E-state index in [0.29, 0.717) is 5.76 Å². The number of fused-ring (bicyclic) bond motifs is 1. The summed E-state index contributed by atoms with van der Waals surface area (Å²) in [6, 6.07) is 7.56. The molecule has 0 saturated heterocycles. The molecule has 0 saturated carbocycles. The van der Waals surface area contributed by atoms with Crippen molar-refractivity contribution in [2.45, 2.75) is 6.54 Å². The zero-order valence-electron chi connectivity index (χ0n) is 10.9. The fraction of sp³-hybridized carbons (Fsp3) is 0.0667. The van der Waals surface area contributed by atoms with Gasteiger partial charge in [0.2, 0.25) is 5.43 Å². The Hall–Kier alpha value is -2.89. The summed E-state index contributed by atoms with van der Waals surface area (Å²) in [6.45, 7) is 0.173. The van der Waals surface area contributed by atoms with Crippen LogP contribution in [0.25, 0.3) is 10.9 Å². The van der Waals surface area contributed by atoms with Gasteiger partial charge in [0, 0.05) is 11.6 Å². The van der Waals surface area contributed by atoms with Crippen molar-refractivity contribution in [2.75, 3.05) is 0 Å². The van der Waals surface area contributed by atoms with Crippen molar-refractivity contribution in [3.63, 3.8) is 0 Å². The van der Waals surface area contributed by atoms with E-state index in [2.05, 4.69) is 10.3 Å². The van der Waals surface area contributed by atoms with E-state index in [1.54, 1.807) is 12.1 Å². The summed E-state index contributed by atoms with van der Waals surface area (Å²) >= 11 is 0. The monoisotopic (exact) mass is 286 g/mol. The predicted molar refractivity (Wildman–Crippen MR) is 74.4 cm³/mol. The number of aromatic amines is 1. The first-order valence-corrected chi connectivity index (χ1v) is 6.27. The maximum Gasteiger partial charge on any atom is 0.257 e. The van der Waals surface area contributed by atoms with Gasteiger partial charge in [-0.3, -0.25) is 9.59 Å². The van der Waals surface area contributed by atoms with Crippen LogP contribution >= 0.6 is 0 Å². The Morgan fingerprint density at radius 3 is 2.90 bits per heavy atom. The molecule has 5 nitrogen and oxygen atoms in total. The van der Waals surface area contributed by atoms with E-state index in [4.69, 9.17) is 4.42 Å². The largest absolute Gasteiger partial charge is 0.467 e. The fourth-order valence-electron chi connectivity index (χ4n) is 2.06. The van der Waals surface area contributed by atoms with E-state index in [1.165, 1.54) is 30.7 Å². The van der Waals surface area contributed by atoms with Gasteiger partial charge in [0.05, 0.1) is 18.3 Å². The van der Waals surface area contributed by atoms with Crippen LogP contribution in [0.1, 0.15) is 16.1 Å². The SMILES string of the molecule is O=C(NCc1ccco1)c1c[nH]c2c(F)cccc2c1=O. The van der Waals surface area contributed by atoms with Gasteiger partial charge < -0.3 is 14.7 Å². The average molecular weight is 286 g/mol. The number of carbonyl (C=O) groups excluding carboxylic acids is 1. The highest BCUT2D eigenvalue weighted by Crippen LogP contribution is 2.12. The Morgan fingerprint density at radius 1 is 1.29 bits per heavy atom. The smallest absolute Gasteiger partial charge is 0.257 e. The van der Waals surface area contributed by atoms with Crippen LogP contribution in [0.4, 0.5) is 4.39 Å². The highest BCUT2D eigenvalue weighted by atomic mass is 19.1. The molecule has 106 valence electrons. The molecular formula is C15H11FN2O3. The zero-order valence-corrected chi connectivity index (χ0v) is 10.9. The second-order valence-corrected chi connectivity index (χ2v) is 4.46. The molecule has 0 bridgehead atoms. The Bertz CT molecular complexity index is 853. The number of H-pyrrole nitrogens is 1. The summed E-state index contributed by atoms with van der Waals surface area (Å²) in [5, 5.41) is 2.71. The quantitative estimate of drug-likeness (QED) is 0.775. The molecule has 0 aliphatic carbocycles. The molecule has 0 atom stereocenters. The maximum absolute atomic E-state index is 13.5. The minimum atomic E-state index is -0.543. The molecule has 0 aliphatic heterocycles. The summed E-state index contributed by atoms with van der Waals surface area (Å²) in [5.74, 6) is -0.502. The molecular weight excluding hydrogens is 275 g/mol. The molecule has 2 heterocycles. The van der Waals surface area contributed by atoms with Crippen LogP contribution in [0.5, 0.6) is 0 Å². The third-order valence-electron chi connectivity index (χ3n) is 3.11.